The van der Waals surface area contributed by atoms with E-state index in [0.29, 0.717) is 12.5 Å². The SMILES string of the molecule is CCOc1cc(NCCCCCOC)nc(C)n1. The molecule has 0 atom stereocenters. The van der Waals surface area contributed by atoms with E-state index in [1.807, 2.05) is 19.9 Å². The lowest BCUT2D eigenvalue weighted by molar-refractivity contribution is 0.192. The maximum absolute atomic E-state index is 5.38. The molecule has 0 spiro atoms. The minimum absolute atomic E-state index is 0.618. The van der Waals surface area contributed by atoms with E-state index in [-0.39, 0.29) is 0 Å². The number of rotatable bonds is 9. The Labute approximate surface area is 109 Å². The van der Waals surface area contributed by atoms with Gasteiger partial charge in [-0.1, -0.05) is 0 Å². The van der Waals surface area contributed by atoms with Gasteiger partial charge in [0.1, 0.15) is 11.6 Å². The summed E-state index contributed by atoms with van der Waals surface area (Å²) >= 11 is 0. The number of nitrogens with zero attached hydrogens (tertiary/aromatic N) is 2. The molecule has 0 radical (unpaired) electrons. The number of anilines is 1. The van der Waals surface area contributed by atoms with Crippen molar-refractivity contribution < 1.29 is 9.47 Å². The average Bonchev–Trinajstić information content (AvgIpc) is 2.33. The highest BCUT2D eigenvalue weighted by Gasteiger charge is 2.01. The molecule has 0 saturated carbocycles. The van der Waals surface area contributed by atoms with E-state index in [4.69, 9.17) is 9.47 Å². The van der Waals surface area contributed by atoms with Gasteiger partial charge in [-0.25, -0.2) is 4.98 Å². The molecular weight excluding hydrogens is 230 g/mol. The number of hydrogen-bond acceptors (Lipinski definition) is 5. The Hall–Kier alpha value is -1.36. The van der Waals surface area contributed by atoms with Crippen molar-refractivity contribution in [1.29, 1.82) is 0 Å². The van der Waals surface area contributed by atoms with Crippen LogP contribution in [0.1, 0.15) is 32.0 Å². The molecule has 0 unspecified atom stereocenters. The van der Waals surface area contributed by atoms with E-state index in [1.54, 1.807) is 7.11 Å². The van der Waals surface area contributed by atoms with E-state index < -0.39 is 0 Å². The number of hydrogen-bond donors (Lipinski definition) is 1. The van der Waals surface area contributed by atoms with Crippen molar-refractivity contribution in [1.82, 2.24) is 9.97 Å². The van der Waals surface area contributed by atoms with Crippen LogP contribution in [0.4, 0.5) is 5.82 Å². The third kappa shape index (κ3) is 5.82. The Morgan fingerprint density at radius 2 is 2.06 bits per heavy atom. The highest BCUT2D eigenvalue weighted by atomic mass is 16.5. The van der Waals surface area contributed by atoms with E-state index in [0.717, 1.165) is 44.1 Å². The molecule has 18 heavy (non-hydrogen) atoms. The fourth-order valence-corrected chi connectivity index (χ4v) is 1.62. The summed E-state index contributed by atoms with van der Waals surface area (Å²) in [7, 11) is 1.73. The number of aryl methyl sites for hydroxylation is 1. The fraction of sp³-hybridized carbons (Fsp3) is 0.692. The molecule has 0 fully saturated rings. The molecule has 0 saturated heterocycles. The Balaban J connectivity index is 2.32. The lowest BCUT2D eigenvalue weighted by Crippen LogP contribution is -2.06. The summed E-state index contributed by atoms with van der Waals surface area (Å²) in [5, 5.41) is 3.29. The van der Waals surface area contributed by atoms with Crippen LogP contribution in [0.2, 0.25) is 0 Å². The second-order valence-electron chi connectivity index (χ2n) is 4.05. The van der Waals surface area contributed by atoms with Crippen LogP contribution in [0, 0.1) is 6.92 Å². The molecule has 0 aliphatic rings. The minimum atomic E-state index is 0.618. The molecule has 1 rings (SSSR count). The van der Waals surface area contributed by atoms with Gasteiger partial charge in [0, 0.05) is 26.3 Å². The van der Waals surface area contributed by atoms with Gasteiger partial charge in [0.2, 0.25) is 5.88 Å². The van der Waals surface area contributed by atoms with Crippen molar-refractivity contribution in [2.45, 2.75) is 33.1 Å². The van der Waals surface area contributed by atoms with Crippen LogP contribution in [0.5, 0.6) is 5.88 Å². The van der Waals surface area contributed by atoms with Crippen LogP contribution in [-0.4, -0.2) is 36.8 Å². The van der Waals surface area contributed by atoms with Crippen LogP contribution in [0.3, 0.4) is 0 Å². The zero-order valence-electron chi connectivity index (χ0n) is 11.5. The fourth-order valence-electron chi connectivity index (χ4n) is 1.62. The van der Waals surface area contributed by atoms with Crippen LogP contribution in [-0.2, 0) is 4.74 Å². The summed E-state index contributed by atoms with van der Waals surface area (Å²) in [6.45, 7) is 6.17. The molecule has 1 heterocycles. The molecule has 0 aromatic carbocycles. The van der Waals surface area contributed by atoms with Gasteiger partial charge in [-0.15, -0.1) is 0 Å². The Morgan fingerprint density at radius 1 is 1.22 bits per heavy atom. The lowest BCUT2D eigenvalue weighted by Gasteiger charge is -2.08. The number of nitrogens with one attached hydrogen (secondary N) is 1. The topological polar surface area (TPSA) is 56.3 Å². The molecule has 5 heteroatoms. The van der Waals surface area contributed by atoms with Crippen molar-refractivity contribution in [2.24, 2.45) is 0 Å². The molecule has 0 bridgehead atoms. The lowest BCUT2D eigenvalue weighted by atomic mass is 10.2. The molecule has 1 aromatic rings. The van der Waals surface area contributed by atoms with Crippen LogP contribution in [0.25, 0.3) is 0 Å². The Kier molecular flexibility index (Phi) is 7.10. The van der Waals surface area contributed by atoms with Crippen molar-refractivity contribution in [3.63, 3.8) is 0 Å². The van der Waals surface area contributed by atoms with Gasteiger partial charge in [-0.3, -0.25) is 0 Å². The minimum Gasteiger partial charge on any atom is -0.478 e. The van der Waals surface area contributed by atoms with E-state index in [9.17, 15) is 0 Å². The van der Waals surface area contributed by atoms with E-state index >= 15 is 0 Å². The number of unbranched alkanes of at least 4 members (excludes halogenated alkanes) is 2. The summed E-state index contributed by atoms with van der Waals surface area (Å²) in [5.41, 5.74) is 0. The quantitative estimate of drug-likeness (QED) is 0.685. The molecule has 0 amide bonds. The normalized spacial score (nSPS) is 10.4. The summed E-state index contributed by atoms with van der Waals surface area (Å²) in [5.74, 6) is 2.19. The van der Waals surface area contributed by atoms with Gasteiger partial charge in [0.15, 0.2) is 0 Å². The second kappa shape index (κ2) is 8.69. The molecule has 0 aliphatic carbocycles. The molecule has 1 N–H and O–H groups in total. The number of ether oxygens (including phenoxy) is 2. The third-order valence-electron chi connectivity index (χ3n) is 2.44. The largest absolute Gasteiger partial charge is 0.478 e. The van der Waals surface area contributed by atoms with Crippen LogP contribution in [0.15, 0.2) is 6.07 Å². The molecule has 5 nitrogen and oxygen atoms in total. The maximum Gasteiger partial charge on any atom is 0.218 e. The van der Waals surface area contributed by atoms with Gasteiger partial charge in [0.25, 0.3) is 0 Å². The maximum atomic E-state index is 5.38. The van der Waals surface area contributed by atoms with Crippen molar-refractivity contribution in [2.75, 3.05) is 32.2 Å². The van der Waals surface area contributed by atoms with Crippen molar-refractivity contribution >= 4 is 5.82 Å². The monoisotopic (exact) mass is 253 g/mol. The zero-order chi connectivity index (χ0) is 13.2. The van der Waals surface area contributed by atoms with Gasteiger partial charge in [0.05, 0.1) is 6.61 Å². The average molecular weight is 253 g/mol. The van der Waals surface area contributed by atoms with E-state index in [1.165, 1.54) is 0 Å². The first-order valence-electron chi connectivity index (χ1n) is 6.47. The Morgan fingerprint density at radius 3 is 2.78 bits per heavy atom. The standard InChI is InChI=1S/C13H23N3O2/c1-4-18-13-10-12(15-11(2)16-13)14-8-6-5-7-9-17-3/h10H,4-9H2,1-3H3,(H,14,15,16). The first-order valence-corrected chi connectivity index (χ1v) is 6.47. The third-order valence-corrected chi connectivity index (χ3v) is 2.44. The molecule has 0 aliphatic heterocycles. The summed E-state index contributed by atoms with van der Waals surface area (Å²) in [6.07, 6.45) is 3.37. The smallest absolute Gasteiger partial charge is 0.218 e. The van der Waals surface area contributed by atoms with E-state index in [2.05, 4.69) is 15.3 Å². The van der Waals surface area contributed by atoms with Crippen molar-refractivity contribution in [3.05, 3.63) is 11.9 Å². The Bertz CT molecular complexity index is 345. The van der Waals surface area contributed by atoms with Crippen molar-refractivity contribution in [3.8, 4) is 5.88 Å². The molecule has 1 aromatic heterocycles. The molecular formula is C13H23N3O2. The van der Waals surface area contributed by atoms with Gasteiger partial charge < -0.3 is 14.8 Å². The zero-order valence-corrected chi connectivity index (χ0v) is 11.5. The van der Waals surface area contributed by atoms with Crippen LogP contribution >= 0.6 is 0 Å². The predicted octanol–water partition coefficient (Wildman–Crippen LogP) is 2.41. The van der Waals surface area contributed by atoms with Gasteiger partial charge in [-0.05, 0) is 33.1 Å². The predicted molar refractivity (Wildman–Crippen MR) is 72.2 cm³/mol. The van der Waals surface area contributed by atoms with Gasteiger partial charge >= 0.3 is 0 Å². The summed E-state index contributed by atoms with van der Waals surface area (Å²) < 4.78 is 10.4. The first-order chi connectivity index (χ1) is 8.76. The first kappa shape index (κ1) is 14.7. The summed E-state index contributed by atoms with van der Waals surface area (Å²) in [4.78, 5) is 8.53. The number of aromatic nitrogens is 2. The highest BCUT2D eigenvalue weighted by Crippen LogP contribution is 2.13. The molecule has 102 valence electrons. The summed E-state index contributed by atoms with van der Waals surface area (Å²) in [6, 6.07) is 1.84. The second-order valence-corrected chi connectivity index (χ2v) is 4.05. The highest BCUT2D eigenvalue weighted by molar-refractivity contribution is 5.38. The number of methoxy groups -OCH3 is 1. The van der Waals surface area contributed by atoms with Crippen LogP contribution < -0.4 is 10.1 Å². The van der Waals surface area contributed by atoms with Gasteiger partial charge in [-0.2, -0.15) is 4.98 Å².